The van der Waals surface area contributed by atoms with Gasteiger partial charge in [-0.1, -0.05) is 42.0 Å². The van der Waals surface area contributed by atoms with Crippen molar-refractivity contribution in [3.8, 4) is 6.07 Å². The first-order chi connectivity index (χ1) is 10.1. The van der Waals surface area contributed by atoms with Gasteiger partial charge in [0.15, 0.2) is 0 Å². The second-order valence-corrected chi connectivity index (χ2v) is 5.39. The van der Waals surface area contributed by atoms with E-state index in [1.807, 2.05) is 24.3 Å². The summed E-state index contributed by atoms with van der Waals surface area (Å²) in [4.78, 5) is 2.23. The van der Waals surface area contributed by atoms with E-state index in [0.717, 1.165) is 12.1 Å². The van der Waals surface area contributed by atoms with Crippen LogP contribution in [0.1, 0.15) is 28.3 Å². The highest BCUT2D eigenvalue weighted by Crippen LogP contribution is 2.21. The number of hydrogen-bond donors (Lipinski definition) is 1. The van der Waals surface area contributed by atoms with Crippen LogP contribution in [0.2, 0.25) is 0 Å². The molecule has 1 unspecified atom stereocenters. The molecule has 0 spiro atoms. The van der Waals surface area contributed by atoms with Crippen molar-refractivity contribution in [2.75, 3.05) is 13.6 Å². The molecule has 2 N–H and O–H groups in total. The molecule has 2 rings (SSSR count). The minimum atomic E-state index is 0.177. The molecule has 0 aliphatic carbocycles. The van der Waals surface area contributed by atoms with E-state index in [1.165, 1.54) is 11.1 Å². The topological polar surface area (TPSA) is 53.0 Å². The second-order valence-electron chi connectivity index (χ2n) is 5.39. The fourth-order valence-corrected chi connectivity index (χ4v) is 2.59. The molecule has 2 aromatic carbocycles. The molecule has 0 fully saturated rings. The Kier molecular flexibility index (Phi) is 5.10. The van der Waals surface area contributed by atoms with Gasteiger partial charge in [0, 0.05) is 19.1 Å². The van der Waals surface area contributed by atoms with Gasteiger partial charge < -0.3 is 5.73 Å². The molecule has 0 saturated heterocycles. The lowest BCUT2D eigenvalue weighted by atomic mass is 10.0. The Bertz CT molecular complexity index is 643. The van der Waals surface area contributed by atoms with Gasteiger partial charge in [-0.2, -0.15) is 5.26 Å². The fourth-order valence-electron chi connectivity index (χ4n) is 2.59. The molecule has 2 aromatic rings. The van der Waals surface area contributed by atoms with E-state index in [0.29, 0.717) is 12.1 Å². The van der Waals surface area contributed by atoms with Crippen LogP contribution in [0, 0.1) is 18.3 Å². The van der Waals surface area contributed by atoms with Crippen molar-refractivity contribution in [1.82, 2.24) is 4.90 Å². The highest BCUT2D eigenvalue weighted by molar-refractivity contribution is 5.33. The lowest BCUT2D eigenvalue weighted by Gasteiger charge is -2.27. The van der Waals surface area contributed by atoms with Gasteiger partial charge in [-0.3, -0.25) is 4.90 Å². The number of nitrogens with zero attached hydrogens (tertiary/aromatic N) is 2. The number of nitriles is 1. The Morgan fingerprint density at radius 3 is 2.62 bits per heavy atom. The van der Waals surface area contributed by atoms with E-state index in [1.54, 1.807) is 0 Å². The molecular formula is C18H21N3. The zero-order valence-electron chi connectivity index (χ0n) is 12.6. The van der Waals surface area contributed by atoms with E-state index in [9.17, 15) is 0 Å². The Morgan fingerprint density at radius 2 is 1.95 bits per heavy atom. The van der Waals surface area contributed by atoms with Crippen LogP contribution in [-0.4, -0.2) is 18.5 Å². The highest BCUT2D eigenvalue weighted by Gasteiger charge is 2.15. The molecule has 0 amide bonds. The number of likely N-dealkylation sites (N-methyl/N-ethyl adjacent to an activating group) is 1. The van der Waals surface area contributed by atoms with Crippen molar-refractivity contribution in [1.29, 1.82) is 5.26 Å². The third-order valence-electron chi connectivity index (χ3n) is 3.67. The Hall–Kier alpha value is -2.15. The molecule has 3 nitrogen and oxygen atoms in total. The molecule has 3 heteroatoms. The first-order valence-electron chi connectivity index (χ1n) is 7.10. The van der Waals surface area contributed by atoms with E-state index in [4.69, 9.17) is 11.0 Å². The smallest absolute Gasteiger partial charge is 0.0991 e. The van der Waals surface area contributed by atoms with E-state index in [2.05, 4.69) is 49.2 Å². The van der Waals surface area contributed by atoms with Crippen LogP contribution >= 0.6 is 0 Å². The monoisotopic (exact) mass is 279 g/mol. The molecule has 1 atom stereocenters. The number of benzene rings is 2. The predicted molar refractivity (Wildman–Crippen MR) is 85.6 cm³/mol. The van der Waals surface area contributed by atoms with Crippen LogP contribution in [0.25, 0.3) is 0 Å². The lowest BCUT2D eigenvalue weighted by molar-refractivity contribution is 0.242. The van der Waals surface area contributed by atoms with Crippen molar-refractivity contribution in [2.45, 2.75) is 19.5 Å². The average Bonchev–Trinajstić information content (AvgIpc) is 2.48. The number of nitrogens with two attached hydrogens (primary N) is 1. The van der Waals surface area contributed by atoms with Gasteiger partial charge in [-0.05, 0) is 37.2 Å². The van der Waals surface area contributed by atoms with Gasteiger partial charge in [0.2, 0.25) is 0 Å². The normalized spacial score (nSPS) is 12.1. The van der Waals surface area contributed by atoms with Crippen LogP contribution in [0.4, 0.5) is 0 Å². The van der Waals surface area contributed by atoms with Crippen molar-refractivity contribution in [3.63, 3.8) is 0 Å². The van der Waals surface area contributed by atoms with Crippen molar-refractivity contribution in [3.05, 3.63) is 70.8 Å². The summed E-state index contributed by atoms with van der Waals surface area (Å²) in [6.07, 6.45) is 0. The summed E-state index contributed by atoms with van der Waals surface area (Å²) in [5.41, 5.74) is 10.3. The average molecular weight is 279 g/mol. The van der Waals surface area contributed by atoms with Crippen molar-refractivity contribution in [2.24, 2.45) is 5.73 Å². The molecule has 21 heavy (non-hydrogen) atoms. The minimum absolute atomic E-state index is 0.177. The fraction of sp³-hybridized carbons (Fsp3) is 0.278. The molecule has 0 aliphatic heterocycles. The van der Waals surface area contributed by atoms with Gasteiger partial charge in [-0.15, -0.1) is 0 Å². The molecule has 0 aliphatic rings. The molecule has 0 saturated carbocycles. The van der Waals surface area contributed by atoms with Gasteiger partial charge in [-0.25, -0.2) is 0 Å². The van der Waals surface area contributed by atoms with Gasteiger partial charge in [0.1, 0.15) is 0 Å². The SMILES string of the molecule is Cc1cccc(C(CN)N(C)Cc2cccc(C#N)c2)c1. The van der Waals surface area contributed by atoms with E-state index >= 15 is 0 Å². The van der Waals surface area contributed by atoms with Crippen LogP contribution < -0.4 is 5.73 Å². The number of rotatable bonds is 5. The van der Waals surface area contributed by atoms with E-state index in [-0.39, 0.29) is 6.04 Å². The van der Waals surface area contributed by atoms with Crippen LogP contribution in [0.15, 0.2) is 48.5 Å². The second kappa shape index (κ2) is 7.03. The standard InChI is InChI=1S/C18H21N3/c1-14-5-3-8-17(9-14)18(12-20)21(2)13-16-7-4-6-15(10-16)11-19/h3-10,18H,12-13,20H2,1-2H3. The Morgan fingerprint density at radius 1 is 1.19 bits per heavy atom. The molecule has 0 radical (unpaired) electrons. The van der Waals surface area contributed by atoms with Gasteiger partial charge in [0.05, 0.1) is 11.6 Å². The van der Waals surface area contributed by atoms with Crippen LogP contribution in [-0.2, 0) is 6.54 Å². The highest BCUT2D eigenvalue weighted by atomic mass is 15.1. The number of hydrogen-bond acceptors (Lipinski definition) is 3. The van der Waals surface area contributed by atoms with Gasteiger partial charge in [0.25, 0.3) is 0 Å². The third-order valence-corrected chi connectivity index (χ3v) is 3.67. The largest absolute Gasteiger partial charge is 0.329 e. The summed E-state index contributed by atoms with van der Waals surface area (Å²) < 4.78 is 0. The molecule has 108 valence electrons. The zero-order chi connectivity index (χ0) is 15.2. The minimum Gasteiger partial charge on any atom is -0.329 e. The zero-order valence-corrected chi connectivity index (χ0v) is 12.6. The van der Waals surface area contributed by atoms with Gasteiger partial charge >= 0.3 is 0 Å². The van der Waals surface area contributed by atoms with Crippen LogP contribution in [0.3, 0.4) is 0 Å². The summed E-state index contributed by atoms with van der Waals surface area (Å²) in [7, 11) is 2.07. The predicted octanol–water partition coefficient (Wildman–Crippen LogP) is 3.00. The summed E-state index contributed by atoms with van der Waals surface area (Å²) in [5.74, 6) is 0. The van der Waals surface area contributed by atoms with Crippen molar-refractivity contribution >= 4 is 0 Å². The first-order valence-corrected chi connectivity index (χ1v) is 7.10. The maximum atomic E-state index is 8.98. The Balaban J connectivity index is 2.17. The molecule has 0 aromatic heterocycles. The molecule has 0 heterocycles. The third kappa shape index (κ3) is 3.91. The maximum absolute atomic E-state index is 8.98. The summed E-state index contributed by atoms with van der Waals surface area (Å²) in [6.45, 7) is 3.43. The lowest BCUT2D eigenvalue weighted by Crippen LogP contribution is -2.30. The summed E-state index contributed by atoms with van der Waals surface area (Å²) >= 11 is 0. The van der Waals surface area contributed by atoms with E-state index < -0.39 is 0 Å². The molecule has 0 bridgehead atoms. The molecular weight excluding hydrogens is 258 g/mol. The van der Waals surface area contributed by atoms with Crippen molar-refractivity contribution < 1.29 is 0 Å². The number of aryl methyl sites for hydroxylation is 1. The summed E-state index contributed by atoms with van der Waals surface area (Å²) in [6, 6.07) is 18.5. The quantitative estimate of drug-likeness (QED) is 0.915. The maximum Gasteiger partial charge on any atom is 0.0991 e. The first kappa shape index (κ1) is 15.2. The van der Waals surface area contributed by atoms with Crippen LogP contribution in [0.5, 0.6) is 0 Å². The Labute approximate surface area is 126 Å². The summed E-state index contributed by atoms with van der Waals surface area (Å²) in [5, 5.41) is 8.98.